The van der Waals surface area contributed by atoms with Crippen molar-refractivity contribution in [1.82, 2.24) is 25.0 Å². The fraction of sp³-hybridized carbons (Fsp3) is 0.636. The molecular formula is C11H17N5O2. The lowest BCUT2D eigenvalue weighted by Gasteiger charge is -2.29. The van der Waals surface area contributed by atoms with E-state index >= 15 is 0 Å². The van der Waals surface area contributed by atoms with Gasteiger partial charge in [0.2, 0.25) is 5.91 Å². The number of hydrogen-bond donors (Lipinski definition) is 1. The predicted molar refractivity (Wildman–Crippen MR) is 63.4 cm³/mol. The predicted octanol–water partition coefficient (Wildman–Crippen LogP) is 0.376. The molecule has 1 fully saturated rings. The average Bonchev–Trinajstić information content (AvgIpc) is 2.78. The third-order valence-electron chi connectivity index (χ3n) is 2.92. The van der Waals surface area contributed by atoms with Crippen LogP contribution in [0.25, 0.3) is 0 Å². The van der Waals surface area contributed by atoms with Gasteiger partial charge in [0, 0.05) is 13.1 Å². The molecule has 1 aliphatic rings. The Morgan fingerprint density at radius 3 is 3.00 bits per heavy atom. The van der Waals surface area contributed by atoms with Crippen molar-refractivity contribution in [2.24, 2.45) is 5.92 Å². The third-order valence-corrected chi connectivity index (χ3v) is 2.92. The summed E-state index contributed by atoms with van der Waals surface area (Å²) in [5.41, 5.74) is 0. The summed E-state index contributed by atoms with van der Waals surface area (Å²) in [6, 6.07) is -0.357. The number of aryl methyl sites for hydroxylation is 1. The van der Waals surface area contributed by atoms with Crippen LogP contribution in [0.2, 0.25) is 0 Å². The molecule has 1 aliphatic heterocycles. The van der Waals surface area contributed by atoms with E-state index in [2.05, 4.69) is 15.4 Å². The Hall–Kier alpha value is -1.92. The summed E-state index contributed by atoms with van der Waals surface area (Å²) in [5, 5.41) is 6.76. The minimum absolute atomic E-state index is 0.162. The molecule has 0 radical (unpaired) electrons. The Bertz CT molecular complexity index is 456. The Morgan fingerprint density at radius 2 is 2.28 bits per heavy atom. The number of imide groups is 1. The van der Waals surface area contributed by atoms with E-state index in [1.165, 1.54) is 11.2 Å². The summed E-state index contributed by atoms with van der Waals surface area (Å²) in [7, 11) is 0. The largest absolute Gasteiger partial charge is 0.337 e. The molecule has 0 aliphatic carbocycles. The molecule has 1 N–H and O–H groups in total. The Balaban J connectivity index is 2.13. The number of aromatic nitrogens is 3. The van der Waals surface area contributed by atoms with E-state index in [1.807, 2.05) is 6.92 Å². The molecule has 0 spiro atoms. The molecule has 98 valence electrons. The first-order chi connectivity index (χ1) is 8.63. The summed E-state index contributed by atoms with van der Waals surface area (Å²) in [4.78, 5) is 28.9. The normalized spacial score (nSPS) is 20.1. The molecule has 1 unspecified atom stereocenters. The van der Waals surface area contributed by atoms with Gasteiger partial charge in [0.1, 0.15) is 12.2 Å². The van der Waals surface area contributed by atoms with Gasteiger partial charge in [-0.1, -0.05) is 13.8 Å². The lowest BCUT2D eigenvalue weighted by Crippen LogP contribution is -2.53. The standard InChI is InChI=1S/C11H17N5O2/c1-3-4-16-9(13-7-14-16)6-15-10(17)8(2)5-12-11(15)18/h7-8H,3-6H2,1-2H3,(H,12,18). The van der Waals surface area contributed by atoms with Gasteiger partial charge in [-0.05, 0) is 6.42 Å². The molecule has 0 aromatic carbocycles. The molecule has 3 amide bonds. The molecular weight excluding hydrogens is 234 g/mol. The van der Waals surface area contributed by atoms with Crippen LogP contribution in [0, 0.1) is 5.92 Å². The number of rotatable bonds is 4. The highest BCUT2D eigenvalue weighted by Gasteiger charge is 2.32. The summed E-state index contributed by atoms with van der Waals surface area (Å²) >= 11 is 0. The summed E-state index contributed by atoms with van der Waals surface area (Å²) in [6.07, 6.45) is 2.37. The van der Waals surface area contributed by atoms with Crippen LogP contribution >= 0.6 is 0 Å². The zero-order valence-corrected chi connectivity index (χ0v) is 10.6. The maximum Gasteiger partial charge on any atom is 0.324 e. The third kappa shape index (κ3) is 2.34. The van der Waals surface area contributed by atoms with Crippen molar-refractivity contribution < 1.29 is 9.59 Å². The number of hydrogen-bond acceptors (Lipinski definition) is 4. The van der Waals surface area contributed by atoms with Crippen molar-refractivity contribution in [3.63, 3.8) is 0 Å². The maximum absolute atomic E-state index is 11.9. The van der Waals surface area contributed by atoms with Crippen molar-refractivity contribution in [1.29, 1.82) is 0 Å². The second-order valence-electron chi connectivity index (χ2n) is 4.41. The van der Waals surface area contributed by atoms with Crippen LogP contribution in [-0.2, 0) is 17.9 Å². The Kier molecular flexibility index (Phi) is 3.59. The van der Waals surface area contributed by atoms with E-state index in [9.17, 15) is 9.59 Å². The molecule has 2 rings (SSSR count). The van der Waals surface area contributed by atoms with Crippen LogP contribution in [0.1, 0.15) is 26.1 Å². The smallest absolute Gasteiger partial charge is 0.324 e. The first kappa shape index (κ1) is 12.5. The molecule has 18 heavy (non-hydrogen) atoms. The van der Waals surface area contributed by atoms with Crippen LogP contribution in [0.4, 0.5) is 4.79 Å². The maximum atomic E-state index is 11.9. The van der Waals surface area contributed by atoms with Crippen molar-refractivity contribution >= 4 is 11.9 Å². The zero-order valence-electron chi connectivity index (χ0n) is 10.6. The van der Waals surface area contributed by atoms with Gasteiger partial charge in [-0.15, -0.1) is 0 Å². The van der Waals surface area contributed by atoms with Crippen molar-refractivity contribution in [3.8, 4) is 0 Å². The Labute approximate surface area is 105 Å². The highest BCUT2D eigenvalue weighted by Crippen LogP contribution is 2.11. The highest BCUT2D eigenvalue weighted by atomic mass is 16.2. The van der Waals surface area contributed by atoms with Gasteiger partial charge in [-0.2, -0.15) is 5.10 Å². The molecule has 0 bridgehead atoms. The van der Waals surface area contributed by atoms with Crippen LogP contribution in [-0.4, -0.2) is 38.1 Å². The van der Waals surface area contributed by atoms with Crippen LogP contribution in [0.15, 0.2) is 6.33 Å². The molecule has 1 atom stereocenters. The first-order valence-electron chi connectivity index (χ1n) is 6.09. The van der Waals surface area contributed by atoms with E-state index in [-0.39, 0.29) is 24.4 Å². The molecule has 7 nitrogen and oxygen atoms in total. The SMILES string of the molecule is CCCn1ncnc1CN1C(=O)NCC(C)C1=O. The molecule has 1 aromatic rings. The lowest BCUT2D eigenvalue weighted by atomic mass is 10.1. The number of carbonyl (C=O) groups excluding carboxylic acids is 2. The quantitative estimate of drug-likeness (QED) is 0.838. The zero-order chi connectivity index (χ0) is 13.1. The van der Waals surface area contributed by atoms with Crippen molar-refractivity contribution in [2.75, 3.05) is 6.54 Å². The van der Waals surface area contributed by atoms with Gasteiger partial charge in [0.25, 0.3) is 0 Å². The van der Waals surface area contributed by atoms with Crippen LogP contribution < -0.4 is 5.32 Å². The topological polar surface area (TPSA) is 80.1 Å². The van der Waals surface area contributed by atoms with Crippen LogP contribution in [0.5, 0.6) is 0 Å². The lowest BCUT2D eigenvalue weighted by molar-refractivity contribution is -0.133. The van der Waals surface area contributed by atoms with Gasteiger partial charge in [0.05, 0.1) is 12.5 Å². The fourth-order valence-corrected chi connectivity index (χ4v) is 1.89. The second kappa shape index (κ2) is 5.16. The first-order valence-corrected chi connectivity index (χ1v) is 6.09. The van der Waals surface area contributed by atoms with Crippen molar-refractivity contribution in [3.05, 3.63) is 12.2 Å². The Morgan fingerprint density at radius 1 is 1.50 bits per heavy atom. The number of urea groups is 1. The van der Waals surface area contributed by atoms with Crippen molar-refractivity contribution in [2.45, 2.75) is 33.4 Å². The van der Waals surface area contributed by atoms with Crippen LogP contribution in [0.3, 0.4) is 0 Å². The van der Waals surface area contributed by atoms with Gasteiger partial charge < -0.3 is 5.32 Å². The molecule has 7 heteroatoms. The van der Waals surface area contributed by atoms with Gasteiger partial charge in [-0.3, -0.25) is 9.69 Å². The number of amides is 3. The monoisotopic (exact) mass is 251 g/mol. The average molecular weight is 251 g/mol. The van der Waals surface area contributed by atoms with Gasteiger partial charge >= 0.3 is 6.03 Å². The number of carbonyl (C=O) groups is 2. The summed E-state index contributed by atoms with van der Waals surface area (Å²) < 4.78 is 1.72. The van der Waals surface area contributed by atoms with E-state index in [0.29, 0.717) is 12.4 Å². The molecule has 0 saturated carbocycles. The van der Waals surface area contributed by atoms with Gasteiger partial charge in [0.15, 0.2) is 0 Å². The molecule has 1 saturated heterocycles. The minimum atomic E-state index is -0.357. The minimum Gasteiger partial charge on any atom is -0.337 e. The molecule has 2 heterocycles. The highest BCUT2D eigenvalue weighted by molar-refractivity contribution is 5.97. The van der Waals surface area contributed by atoms with Gasteiger partial charge in [-0.25, -0.2) is 14.5 Å². The number of nitrogens with zero attached hydrogens (tertiary/aromatic N) is 4. The van der Waals surface area contributed by atoms with E-state index < -0.39 is 0 Å². The molecule has 1 aromatic heterocycles. The summed E-state index contributed by atoms with van der Waals surface area (Å²) in [6.45, 7) is 5.14. The fourth-order valence-electron chi connectivity index (χ4n) is 1.89. The number of nitrogens with one attached hydrogen (secondary N) is 1. The van der Waals surface area contributed by atoms with E-state index in [1.54, 1.807) is 11.6 Å². The summed E-state index contributed by atoms with van der Waals surface area (Å²) in [5.74, 6) is 0.282. The second-order valence-corrected chi connectivity index (χ2v) is 4.41. The van der Waals surface area contributed by atoms with E-state index in [0.717, 1.165) is 13.0 Å². The van der Waals surface area contributed by atoms with E-state index in [4.69, 9.17) is 0 Å².